The average Bonchev–Trinajstić information content (AvgIpc) is 2.62. The molecule has 15 heavy (non-hydrogen) atoms. The molecule has 0 bridgehead atoms. The maximum Gasteiger partial charge on any atom is 0.276 e. The standard InChI is InChI=1S/C9H10N4OS/c1-6-12-13-9(14-6)15-5-7-2-3-11-8(10)4-7/h2-4H,5H2,1H3,(H2,10,11). The first-order valence-electron chi connectivity index (χ1n) is 4.37. The van der Waals surface area contributed by atoms with Crippen LogP contribution in [-0.4, -0.2) is 15.2 Å². The van der Waals surface area contributed by atoms with Gasteiger partial charge in [-0.1, -0.05) is 11.8 Å². The third-order valence-corrected chi connectivity index (χ3v) is 2.60. The van der Waals surface area contributed by atoms with E-state index in [1.54, 1.807) is 13.1 Å². The number of aromatic nitrogens is 3. The molecule has 0 spiro atoms. The van der Waals surface area contributed by atoms with Crippen molar-refractivity contribution in [3.05, 3.63) is 29.8 Å². The quantitative estimate of drug-likeness (QED) is 0.795. The Balaban J connectivity index is 1.99. The van der Waals surface area contributed by atoms with E-state index in [9.17, 15) is 0 Å². The van der Waals surface area contributed by atoms with Gasteiger partial charge in [-0.05, 0) is 17.7 Å². The molecule has 0 atom stereocenters. The van der Waals surface area contributed by atoms with E-state index in [2.05, 4.69) is 15.2 Å². The predicted molar refractivity (Wildman–Crippen MR) is 57.2 cm³/mol. The van der Waals surface area contributed by atoms with E-state index in [0.29, 0.717) is 16.9 Å². The van der Waals surface area contributed by atoms with Gasteiger partial charge in [-0.2, -0.15) is 0 Å². The summed E-state index contributed by atoms with van der Waals surface area (Å²) in [6.07, 6.45) is 1.68. The summed E-state index contributed by atoms with van der Waals surface area (Å²) < 4.78 is 5.23. The summed E-state index contributed by atoms with van der Waals surface area (Å²) >= 11 is 1.48. The van der Waals surface area contributed by atoms with Crippen molar-refractivity contribution in [2.75, 3.05) is 5.73 Å². The van der Waals surface area contributed by atoms with Gasteiger partial charge in [-0.15, -0.1) is 10.2 Å². The summed E-state index contributed by atoms with van der Waals surface area (Å²) in [7, 11) is 0. The number of rotatable bonds is 3. The Morgan fingerprint density at radius 3 is 3.00 bits per heavy atom. The topological polar surface area (TPSA) is 77.8 Å². The second-order valence-electron chi connectivity index (χ2n) is 2.96. The van der Waals surface area contributed by atoms with Crippen molar-refractivity contribution in [2.45, 2.75) is 17.9 Å². The first-order chi connectivity index (χ1) is 7.24. The molecule has 0 aliphatic rings. The van der Waals surface area contributed by atoms with Gasteiger partial charge in [0.2, 0.25) is 5.89 Å². The first-order valence-corrected chi connectivity index (χ1v) is 5.36. The summed E-state index contributed by atoms with van der Waals surface area (Å²) in [6.45, 7) is 1.77. The van der Waals surface area contributed by atoms with Crippen molar-refractivity contribution < 1.29 is 4.42 Å². The second kappa shape index (κ2) is 4.31. The molecule has 0 saturated carbocycles. The highest BCUT2D eigenvalue weighted by Gasteiger charge is 2.03. The van der Waals surface area contributed by atoms with Crippen LogP contribution in [0.25, 0.3) is 0 Å². The number of nitrogens with two attached hydrogens (primary N) is 1. The minimum absolute atomic E-state index is 0.523. The van der Waals surface area contributed by atoms with E-state index in [4.69, 9.17) is 10.2 Å². The van der Waals surface area contributed by atoms with Crippen LogP contribution in [0, 0.1) is 6.92 Å². The molecular weight excluding hydrogens is 212 g/mol. The number of hydrogen-bond acceptors (Lipinski definition) is 6. The van der Waals surface area contributed by atoms with Crippen LogP contribution in [-0.2, 0) is 5.75 Å². The molecule has 2 N–H and O–H groups in total. The maximum absolute atomic E-state index is 5.56. The predicted octanol–water partition coefficient (Wildman–Crippen LogP) is 1.65. The fraction of sp³-hybridized carbons (Fsp3) is 0.222. The lowest BCUT2D eigenvalue weighted by atomic mass is 10.3. The number of hydrogen-bond donors (Lipinski definition) is 1. The van der Waals surface area contributed by atoms with Gasteiger partial charge in [0.15, 0.2) is 0 Å². The number of aryl methyl sites for hydroxylation is 1. The molecule has 0 unspecified atom stereocenters. The fourth-order valence-electron chi connectivity index (χ4n) is 1.07. The van der Waals surface area contributed by atoms with Crippen LogP contribution >= 0.6 is 11.8 Å². The molecule has 0 radical (unpaired) electrons. The molecular formula is C9H10N4OS. The molecule has 6 heteroatoms. The normalized spacial score (nSPS) is 10.5. The monoisotopic (exact) mass is 222 g/mol. The molecule has 0 amide bonds. The highest BCUT2D eigenvalue weighted by atomic mass is 32.2. The molecule has 0 aliphatic carbocycles. The molecule has 2 aromatic heterocycles. The average molecular weight is 222 g/mol. The van der Waals surface area contributed by atoms with E-state index < -0.39 is 0 Å². The largest absolute Gasteiger partial charge is 0.416 e. The number of nitrogens with zero attached hydrogens (tertiary/aromatic N) is 3. The third kappa shape index (κ3) is 2.69. The second-order valence-corrected chi connectivity index (χ2v) is 3.89. The van der Waals surface area contributed by atoms with Crippen LogP contribution in [0.1, 0.15) is 11.5 Å². The summed E-state index contributed by atoms with van der Waals surface area (Å²) in [6, 6.07) is 3.74. The Bertz CT molecular complexity index is 457. The smallest absolute Gasteiger partial charge is 0.276 e. The molecule has 0 saturated heterocycles. The van der Waals surface area contributed by atoms with Crippen LogP contribution < -0.4 is 5.73 Å². The van der Waals surface area contributed by atoms with Crippen molar-refractivity contribution >= 4 is 17.6 Å². The Kier molecular flexibility index (Phi) is 2.86. The summed E-state index contributed by atoms with van der Waals surface area (Å²) in [5.74, 6) is 1.84. The number of nitrogen functional groups attached to an aromatic ring is 1. The van der Waals surface area contributed by atoms with Gasteiger partial charge in [0.05, 0.1) is 0 Å². The lowest BCUT2D eigenvalue weighted by Gasteiger charge is -1.98. The van der Waals surface area contributed by atoms with Crippen LogP contribution in [0.2, 0.25) is 0 Å². The number of anilines is 1. The van der Waals surface area contributed by atoms with Gasteiger partial charge < -0.3 is 10.2 Å². The van der Waals surface area contributed by atoms with Crippen molar-refractivity contribution in [1.29, 1.82) is 0 Å². The van der Waals surface area contributed by atoms with Gasteiger partial charge >= 0.3 is 0 Å². The fourth-order valence-corrected chi connectivity index (χ4v) is 1.81. The molecule has 0 aliphatic heterocycles. The number of pyridine rings is 1. The van der Waals surface area contributed by atoms with Gasteiger partial charge in [-0.25, -0.2) is 4.98 Å². The first kappa shape index (κ1) is 9.97. The SMILES string of the molecule is Cc1nnc(SCc2ccnc(N)c2)o1. The van der Waals surface area contributed by atoms with Crippen LogP contribution in [0.4, 0.5) is 5.82 Å². The molecule has 2 heterocycles. The van der Waals surface area contributed by atoms with E-state index in [0.717, 1.165) is 11.3 Å². The highest BCUT2D eigenvalue weighted by molar-refractivity contribution is 7.98. The van der Waals surface area contributed by atoms with Gasteiger partial charge in [-0.3, -0.25) is 0 Å². The Labute approximate surface area is 91.1 Å². The molecule has 5 nitrogen and oxygen atoms in total. The van der Waals surface area contributed by atoms with E-state index in [1.165, 1.54) is 11.8 Å². The minimum Gasteiger partial charge on any atom is -0.416 e. The maximum atomic E-state index is 5.56. The highest BCUT2D eigenvalue weighted by Crippen LogP contribution is 2.21. The van der Waals surface area contributed by atoms with Gasteiger partial charge in [0.25, 0.3) is 5.22 Å². The van der Waals surface area contributed by atoms with Crippen molar-refractivity contribution in [3.8, 4) is 0 Å². The Morgan fingerprint density at radius 1 is 1.47 bits per heavy atom. The molecule has 78 valence electrons. The van der Waals surface area contributed by atoms with Crippen molar-refractivity contribution in [3.63, 3.8) is 0 Å². The van der Waals surface area contributed by atoms with E-state index in [1.807, 2.05) is 12.1 Å². The van der Waals surface area contributed by atoms with E-state index >= 15 is 0 Å². The lowest BCUT2D eigenvalue weighted by molar-refractivity contribution is 0.429. The van der Waals surface area contributed by atoms with Crippen LogP contribution in [0.15, 0.2) is 28.0 Å². The zero-order valence-corrected chi connectivity index (χ0v) is 8.99. The minimum atomic E-state index is 0.523. The Hall–Kier alpha value is -1.56. The van der Waals surface area contributed by atoms with Crippen molar-refractivity contribution in [2.24, 2.45) is 0 Å². The van der Waals surface area contributed by atoms with Gasteiger partial charge in [0.1, 0.15) is 5.82 Å². The Morgan fingerprint density at radius 2 is 2.33 bits per heavy atom. The molecule has 2 rings (SSSR count). The molecule has 0 aromatic carbocycles. The third-order valence-electron chi connectivity index (χ3n) is 1.72. The summed E-state index contributed by atoms with van der Waals surface area (Å²) in [5, 5.41) is 8.20. The van der Waals surface area contributed by atoms with Crippen LogP contribution in [0.3, 0.4) is 0 Å². The zero-order chi connectivity index (χ0) is 10.7. The van der Waals surface area contributed by atoms with E-state index in [-0.39, 0.29) is 0 Å². The lowest BCUT2D eigenvalue weighted by Crippen LogP contribution is -1.90. The van der Waals surface area contributed by atoms with Gasteiger partial charge in [0, 0.05) is 18.9 Å². The van der Waals surface area contributed by atoms with Crippen molar-refractivity contribution in [1.82, 2.24) is 15.2 Å². The summed E-state index contributed by atoms with van der Waals surface area (Å²) in [5.41, 5.74) is 6.65. The number of thioether (sulfide) groups is 1. The molecule has 0 fully saturated rings. The summed E-state index contributed by atoms with van der Waals surface area (Å²) in [4.78, 5) is 3.92. The molecule has 2 aromatic rings. The zero-order valence-electron chi connectivity index (χ0n) is 8.17. The van der Waals surface area contributed by atoms with Crippen LogP contribution in [0.5, 0.6) is 0 Å².